The van der Waals surface area contributed by atoms with Crippen LogP contribution in [0.25, 0.3) is 0 Å². The fourth-order valence-electron chi connectivity index (χ4n) is 1.20. The summed E-state index contributed by atoms with van der Waals surface area (Å²) in [7, 11) is 0. The molecule has 14 heavy (non-hydrogen) atoms. The first-order chi connectivity index (χ1) is 6.88. The summed E-state index contributed by atoms with van der Waals surface area (Å²) in [6.07, 6.45) is 5.52. The highest BCUT2D eigenvalue weighted by Crippen LogP contribution is 2.21. The monoisotopic (exact) mass is 211 g/mol. The standard InChI is InChI=1S/C11H17NOS/c1-2-3-4-8-14-11-10(9-13)6-5-7-12-11/h5-7,13H,2-4,8-9H2,1H3. The molecule has 0 saturated heterocycles. The van der Waals surface area contributed by atoms with E-state index in [0.717, 1.165) is 16.3 Å². The van der Waals surface area contributed by atoms with E-state index in [4.69, 9.17) is 5.11 Å². The Morgan fingerprint density at radius 1 is 1.43 bits per heavy atom. The summed E-state index contributed by atoms with van der Waals surface area (Å²) >= 11 is 1.74. The van der Waals surface area contributed by atoms with Crippen LogP contribution < -0.4 is 0 Å². The number of aliphatic hydroxyl groups is 1. The second-order valence-electron chi connectivity index (χ2n) is 3.18. The number of hydrogen-bond acceptors (Lipinski definition) is 3. The molecule has 0 fully saturated rings. The van der Waals surface area contributed by atoms with E-state index in [2.05, 4.69) is 11.9 Å². The van der Waals surface area contributed by atoms with Gasteiger partial charge in [0.1, 0.15) is 5.03 Å². The molecule has 1 heterocycles. The van der Waals surface area contributed by atoms with Gasteiger partial charge >= 0.3 is 0 Å². The molecule has 78 valence electrons. The molecule has 0 bridgehead atoms. The van der Waals surface area contributed by atoms with Crippen molar-refractivity contribution >= 4 is 11.8 Å². The predicted molar refractivity (Wildman–Crippen MR) is 60.4 cm³/mol. The van der Waals surface area contributed by atoms with Gasteiger partial charge in [0.15, 0.2) is 0 Å². The summed E-state index contributed by atoms with van der Waals surface area (Å²) in [4.78, 5) is 4.25. The molecular weight excluding hydrogens is 194 g/mol. The lowest BCUT2D eigenvalue weighted by atomic mass is 10.3. The number of rotatable bonds is 6. The summed E-state index contributed by atoms with van der Waals surface area (Å²) < 4.78 is 0. The minimum Gasteiger partial charge on any atom is -0.392 e. The Balaban J connectivity index is 2.41. The average Bonchev–Trinajstić information content (AvgIpc) is 2.25. The van der Waals surface area contributed by atoms with Gasteiger partial charge in [-0.2, -0.15) is 0 Å². The van der Waals surface area contributed by atoms with Crippen LogP contribution in [0.3, 0.4) is 0 Å². The molecule has 1 rings (SSSR count). The number of aromatic nitrogens is 1. The molecule has 0 radical (unpaired) electrons. The van der Waals surface area contributed by atoms with E-state index in [1.54, 1.807) is 18.0 Å². The van der Waals surface area contributed by atoms with Gasteiger partial charge in [-0.25, -0.2) is 4.98 Å². The number of unbranched alkanes of at least 4 members (excludes halogenated alkanes) is 2. The quantitative estimate of drug-likeness (QED) is 0.580. The van der Waals surface area contributed by atoms with Crippen LogP contribution in [-0.4, -0.2) is 15.8 Å². The Kier molecular flexibility index (Phi) is 5.64. The third kappa shape index (κ3) is 3.68. The molecule has 1 N–H and O–H groups in total. The van der Waals surface area contributed by atoms with Crippen LogP contribution in [0.5, 0.6) is 0 Å². The zero-order valence-electron chi connectivity index (χ0n) is 8.57. The van der Waals surface area contributed by atoms with E-state index in [-0.39, 0.29) is 6.61 Å². The Morgan fingerprint density at radius 2 is 2.29 bits per heavy atom. The maximum absolute atomic E-state index is 9.07. The van der Waals surface area contributed by atoms with E-state index >= 15 is 0 Å². The van der Waals surface area contributed by atoms with Crippen LogP contribution in [0.2, 0.25) is 0 Å². The molecule has 0 saturated carbocycles. The molecule has 0 spiro atoms. The summed E-state index contributed by atoms with van der Waals surface area (Å²) in [5.41, 5.74) is 0.939. The lowest BCUT2D eigenvalue weighted by Crippen LogP contribution is -1.91. The minimum atomic E-state index is 0.0873. The lowest BCUT2D eigenvalue weighted by Gasteiger charge is -2.04. The molecule has 2 nitrogen and oxygen atoms in total. The van der Waals surface area contributed by atoms with Gasteiger partial charge in [-0.05, 0) is 18.2 Å². The number of nitrogens with zero attached hydrogens (tertiary/aromatic N) is 1. The zero-order chi connectivity index (χ0) is 10.2. The number of hydrogen-bond donors (Lipinski definition) is 1. The maximum Gasteiger partial charge on any atom is 0.101 e. The number of pyridine rings is 1. The second kappa shape index (κ2) is 6.85. The molecule has 1 aromatic rings. The lowest BCUT2D eigenvalue weighted by molar-refractivity contribution is 0.278. The molecule has 0 atom stereocenters. The molecule has 0 aliphatic rings. The largest absolute Gasteiger partial charge is 0.392 e. The molecule has 0 aromatic carbocycles. The highest BCUT2D eigenvalue weighted by Gasteiger charge is 2.01. The molecular formula is C11H17NOS. The molecule has 0 amide bonds. The van der Waals surface area contributed by atoms with Crippen LogP contribution in [0.15, 0.2) is 23.4 Å². The minimum absolute atomic E-state index is 0.0873. The van der Waals surface area contributed by atoms with E-state index in [0.29, 0.717) is 0 Å². The highest BCUT2D eigenvalue weighted by atomic mass is 32.2. The number of aliphatic hydroxyl groups excluding tert-OH is 1. The van der Waals surface area contributed by atoms with Crippen LogP contribution in [-0.2, 0) is 6.61 Å². The van der Waals surface area contributed by atoms with Gasteiger partial charge in [0.25, 0.3) is 0 Å². The van der Waals surface area contributed by atoms with Crippen molar-refractivity contribution in [1.82, 2.24) is 4.98 Å². The van der Waals surface area contributed by atoms with E-state index in [1.165, 1.54) is 19.3 Å². The SMILES string of the molecule is CCCCCSc1ncccc1CO. The van der Waals surface area contributed by atoms with Crippen LogP contribution in [0, 0.1) is 0 Å². The third-order valence-electron chi connectivity index (χ3n) is 2.01. The first-order valence-corrected chi connectivity index (χ1v) is 6.04. The van der Waals surface area contributed by atoms with Crippen molar-refractivity contribution < 1.29 is 5.11 Å². The smallest absolute Gasteiger partial charge is 0.101 e. The van der Waals surface area contributed by atoms with Crippen LogP contribution in [0.4, 0.5) is 0 Å². The van der Waals surface area contributed by atoms with Gasteiger partial charge < -0.3 is 5.11 Å². The van der Waals surface area contributed by atoms with Gasteiger partial charge in [0.2, 0.25) is 0 Å². The van der Waals surface area contributed by atoms with E-state index in [9.17, 15) is 0 Å². The van der Waals surface area contributed by atoms with Crippen molar-refractivity contribution in [2.75, 3.05) is 5.75 Å². The van der Waals surface area contributed by atoms with Crippen molar-refractivity contribution in [3.63, 3.8) is 0 Å². The van der Waals surface area contributed by atoms with Crippen molar-refractivity contribution in [2.24, 2.45) is 0 Å². The Labute approximate surface area is 89.8 Å². The van der Waals surface area contributed by atoms with Gasteiger partial charge in [-0.3, -0.25) is 0 Å². The fourth-order valence-corrected chi connectivity index (χ4v) is 2.19. The first-order valence-electron chi connectivity index (χ1n) is 5.06. The van der Waals surface area contributed by atoms with E-state index < -0.39 is 0 Å². The van der Waals surface area contributed by atoms with Gasteiger partial charge in [0.05, 0.1) is 6.61 Å². The molecule has 1 aromatic heterocycles. The first kappa shape index (κ1) is 11.5. The summed E-state index contributed by atoms with van der Waals surface area (Å²) in [5.74, 6) is 1.10. The zero-order valence-corrected chi connectivity index (χ0v) is 9.39. The molecule has 0 unspecified atom stereocenters. The summed E-state index contributed by atoms with van der Waals surface area (Å²) in [6.45, 7) is 2.29. The summed E-state index contributed by atoms with van der Waals surface area (Å²) in [5, 5.41) is 10.0. The van der Waals surface area contributed by atoms with Gasteiger partial charge in [-0.1, -0.05) is 25.8 Å². The molecule has 0 aliphatic carbocycles. The fraction of sp³-hybridized carbons (Fsp3) is 0.545. The van der Waals surface area contributed by atoms with Crippen molar-refractivity contribution in [2.45, 2.75) is 37.8 Å². The van der Waals surface area contributed by atoms with Crippen LogP contribution in [0.1, 0.15) is 31.7 Å². The average molecular weight is 211 g/mol. The Morgan fingerprint density at radius 3 is 3.00 bits per heavy atom. The molecule has 0 aliphatic heterocycles. The highest BCUT2D eigenvalue weighted by molar-refractivity contribution is 7.99. The Hall–Kier alpha value is -0.540. The van der Waals surface area contributed by atoms with Crippen LogP contribution >= 0.6 is 11.8 Å². The third-order valence-corrected chi connectivity index (χ3v) is 3.14. The van der Waals surface area contributed by atoms with Gasteiger partial charge in [0, 0.05) is 11.8 Å². The van der Waals surface area contributed by atoms with Crippen molar-refractivity contribution in [3.05, 3.63) is 23.9 Å². The summed E-state index contributed by atoms with van der Waals surface area (Å²) in [6, 6.07) is 3.79. The van der Waals surface area contributed by atoms with Crippen molar-refractivity contribution in [3.8, 4) is 0 Å². The van der Waals surface area contributed by atoms with E-state index in [1.807, 2.05) is 12.1 Å². The van der Waals surface area contributed by atoms with Crippen molar-refractivity contribution in [1.29, 1.82) is 0 Å². The second-order valence-corrected chi connectivity index (χ2v) is 4.26. The topological polar surface area (TPSA) is 33.1 Å². The predicted octanol–water partition coefficient (Wildman–Crippen LogP) is 2.86. The van der Waals surface area contributed by atoms with Gasteiger partial charge in [-0.15, -0.1) is 11.8 Å². The molecule has 3 heteroatoms. The number of thioether (sulfide) groups is 1. The maximum atomic E-state index is 9.07. The normalized spacial score (nSPS) is 10.4. The Bertz CT molecular complexity index is 265.